The quantitative estimate of drug-likeness (QED) is 0.820. The maximum Gasteiger partial charge on any atom is 0.224 e. The van der Waals surface area contributed by atoms with Gasteiger partial charge in [0.25, 0.3) is 0 Å². The summed E-state index contributed by atoms with van der Waals surface area (Å²) in [6.45, 7) is 3.57. The molecule has 1 aromatic rings. The molecule has 1 N–H and O–H groups in total. The van der Waals surface area contributed by atoms with Crippen LogP contribution >= 0.6 is 15.9 Å². The van der Waals surface area contributed by atoms with E-state index < -0.39 is 0 Å². The zero-order valence-electron chi connectivity index (χ0n) is 7.79. The second-order valence-corrected chi connectivity index (χ2v) is 3.71. The molecule has 0 aliphatic heterocycles. The van der Waals surface area contributed by atoms with E-state index in [9.17, 15) is 4.79 Å². The number of rotatable bonds is 4. The first-order valence-electron chi connectivity index (χ1n) is 4.39. The average molecular weight is 254 g/mol. The molecule has 0 saturated heterocycles. The summed E-state index contributed by atoms with van der Waals surface area (Å²) in [5.74, 6) is 0.0109. The van der Waals surface area contributed by atoms with Crippen LogP contribution in [0.25, 0.3) is 0 Å². The molecule has 74 valence electrons. The van der Waals surface area contributed by atoms with Crippen molar-refractivity contribution in [2.75, 3.05) is 5.32 Å². The van der Waals surface area contributed by atoms with E-state index in [2.05, 4.69) is 27.8 Å². The van der Waals surface area contributed by atoms with E-state index in [0.717, 1.165) is 10.2 Å². The van der Waals surface area contributed by atoms with Crippen LogP contribution in [0.1, 0.15) is 12.8 Å². The number of hydrogen-bond acceptors (Lipinski definition) is 1. The van der Waals surface area contributed by atoms with Crippen molar-refractivity contribution in [2.24, 2.45) is 0 Å². The van der Waals surface area contributed by atoms with Gasteiger partial charge in [0.2, 0.25) is 5.91 Å². The Labute approximate surface area is 92.1 Å². The first-order valence-corrected chi connectivity index (χ1v) is 5.18. The molecule has 14 heavy (non-hydrogen) atoms. The van der Waals surface area contributed by atoms with Crippen LogP contribution < -0.4 is 5.32 Å². The van der Waals surface area contributed by atoms with Crippen LogP contribution in [0, 0.1) is 0 Å². The number of carbonyl (C=O) groups excluding carboxylic acids is 1. The number of amides is 1. The van der Waals surface area contributed by atoms with Crippen molar-refractivity contribution >= 4 is 27.5 Å². The van der Waals surface area contributed by atoms with Gasteiger partial charge in [0.05, 0.1) is 5.69 Å². The van der Waals surface area contributed by atoms with Gasteiger partial charge in [-0.05, 0) is 34.5 Å². The Morgan fingerprint density at radius 3 is 2.86 bits per heavy atom. The van der Waals surface area contributed by atoms with Crippen molar-refractivity contribution in [3.05, 3.63) is 41.4 Å². The normalized spacial score (nSPS) is 9.50. The van der Waals surface area contributed by atoms with Gasteiger partial charge in [-0.3, -0.25) is 4.79 Å². The third-order valence-electron chi connectivity index (χ3n) is 1.72. The smallest absolute Gasteiger partial charge is 0.224 e. The highest BCUT2D eigenvalue weighted by molar-refractivity contribution is 9.10. The minimum atomic E-state index is 0.0109. The molecular weight excluding hydrogens is 242 g/mol. The van der Waals surface area contributed by atoms with E-state index in [-0.39, 0.29) is 5.91 Å². The van der Waals surface area contributed by atoms with Crippen LogP contribution in [0.5, 0.6) is 0 Å². The van der Waals surface area contributed by atoms with Crippen molar-refractivity contribution in [1.29, 1.82) is 0 Å². The molecule has 3 heteroatoms. The molecular formula is C11H12BrNO. The zero-order chi connectivity index (χ0) is 10.4. The lowest BCUT2D eigenvalue weighted by Gasteiger charge is -2.05. The molecule has 2 nitrogen and oxygen atoms in total. The summed E-state index contributed by atoms with van der Waals surface area (Å²) < 4.78 is 0.895. The first kappa shape index (κ1) is 11.0. The van der Waals surface area contributed by atoms with Gasteiger partial charge >= 0.3 is 0 Å². The second-order valence-electron chi connectivity index (χ2n) is 2.86. The van der Waals surface area contributed by atoms with Crippen LogP contribution in [0.4, 0.5) is 5.69 Å². The van der Waals surface area contributed by atoms with Crippen molar-refractivity contribution in [3.8, 4) is 0 Å². The molecule has 0 atom stereocenters. The Balaban J connectivity index is 2.56. The molecule has 0 saturated carbocycles. The van der Waals surface area contributed by atoms with Gasteiger partial charge in [-0.1, -0.05) is 18.2 Å². The van der Waals surface area contributed by atoms with Gasteiger partial charge in [0, 0.05) is 10.9 Å². The lowest BCUT2D eigenvalue weighted by Crippen LogP contribution is -2.10. The summed E-state index contributed by atoms with van der Waals surface area (Å²) in [5, 5.41) is 2.81. The lowest BCUT2D eigenvalue weighted by molar-refractivity contribution is -0.116. The molecule has 0 aliphatic rings. The maximum absolute atomic E-state index is 11.3. The summed E-state index contributed by atoms with van der Waals surface area (Å²) >= 11 is 3.36. The number of carbonyl (C=O) groups is 1. The Morgan fingerprint density at radius 2 is 2.21 bits per heavy atom. The fourth-order valence-electron chi connectivity index (χ4n) is 1.01. The van der Waals surface area contributed by atoms with E-state index in [1.54, 1.807) is 6.08 Å². The van der Waals surface area contributed by atoms with Gasteiger partial charge in [-0.15, -0.1) is 6.58 Å². The van der Waals surface area contributed by atoms with Crippen LogP contribution in [-0.2, 0) is 4.79 Å². The highest BCUT2D eigenvalue weighted by Gasteiger charge is 2.02. The van der Waals surface area contributed by atoms with Gasteiger partial charge in [-0.25, -0.2) is 0 Å². The van der Waals surface area contributed by atoms with E-state index in [4.69, 9.17) is 0 Å². The fraction of sp³-hybridized carbons (Fsp3) is 0.182. The van der Waals surface area contributed by atoms with E-state index in [1.807, 2.05) is 24.3 Å². The molecule has 0 heterocycles. The molecule has 0 aliphatic carbocycles. The third-order valence-corrected chi connectivity index (χ3v) is 2.41. The highest BCUT2D eigenvalue weighted by Crippen LogP contribution is 2.21. The predicted octanol–water partition coefficient (Wildman–Crippen LogP) is 3.35. The number of benzene rings is 1. The van der Waals surface area contributed by atoms with Gasteiger partial charge in [-0.2, -0.15) is 0 Å². The van der Waals surface area contributed by atoms with Crippen molar-refractivity contribution in [1.82, 2.24) is 0 Å². The molecule has 0 fully saturated rings. The summed E-state index contributed by atoms with van der Waals surface area (Å²) in [4.78, 5) is 11.3. The molecule has 0 radical (unpaired) electrons. The van der Waals surface area contributed by atoms with E-state index in [1.165, 1.54) is 0 Å². The lowest BCUT2D eigenvalue weighted by atomic mass is 10.2. The molecule has 0 spiro atoms. The van der Waals surface area contributed by atoms with Gasteiger partial charge < -0.3 is 5.32 Å². The van der Waals surface area contributed by atoms with Gasteiger partial charge in [0.15, 0.2) is 0 Å². The molecule has 1 aromatic carbocycles. The fourth-order valence-corrected chi connectivity index (χ4v) is 1.39. The van der Waals surface area contributed by atoms with Crippen LogP contribution in [0.15, 0.2) is 41.4 Å². The predicted molar refractivity (Wildman–Crippen MR) is 62.2 cm³/mol. The average Bonchev–Trinajstić information content (AvgIpc) is 2.18. The molecule has 0 unspecified atom stereocenters. The number of hydrogen-bond donors (Lipinski definition) is 1. The summed E-state index contributed by atoms with van der Waals surface area (Å²) in [6.07, 6.45) is 2.92. The number of anilines is 1. The summed E-state index contributed by atoms with van der Waals surface area (Å²) in [6, 6.07) is 7.54. The minimum absolute atomic E-state index is 0.0109. The standard InChI is InChI=1S/C11H12BrNO/c1-2-3-8-11(14)13-10-7-5-4-6-9(10)12/h2,4-7H,1,3,8H2,(H,13,14). The highest BCUT2D eigenvalue weighted by atomic mass is 79.9. The molecule has 1 rings (SSSR count). The summed E-state index contributed by atoms with van der Waals surface area (Å²) in [5.41, 5.74) is 0.807. The molecule has 0 aromatic heterocycles. The number of allylic oxidation sites excluding steroid dienone is 1. The minimum Gasteiger partial charge on any atom is -0.325 e. The van der Waals surface area contributed by atoms with Crippen molar-refractivity contribution in [2.45, 2.75) is 12.8 Å². The van der Waals surface area contributed by atoms with E-state index >= 15 is 0 Å². The molecule has 0 bridgehead atoms. The summed E-state index contributed by atoms with van der Waals surface area (Å²) in [7, 11) is 0. The third kappa shape index (κ3) is 3.34. The SMILES string of the molecule is C=CCCC(=O)Nc1ccccc1Br. The largest absolute Gasteiger partial charge is 0.325 e. The zero-order valence-corrected chi connectivity index (χ0v) is 9.38. The van der Waals surface area contributed by atoms with Crippen molar-refractivity contribution < 1.29 is 4.79 Å². The Hall–Kier alpha value is -1.09. The van der Waals surface area contributed by atoms with Crippen LogP contribution in [-0.4, -0.2) is 5.91 Å². The number of para-hydroxylation sites is 1. The van der Waals surface area contributed by atoms with Crippen LogP contribution in [0.2, 0.25) is 0 Å². The first-order chi connectivity index (χ1) is 6.74. The molecule has 1 amide bonds. The number of nitrogens with one attached hydrogen (secondary N) is 1. The van der Waals surface area contributed by atoms with Crippen LogP contribution in [0.3, 0.4) is 0 Å². The maximum atomic E-state index is 11.3. The Kier molecular flexibility index (Phi) is 4.40. The number of halogens is 1. The van der Waals surface area contributed by atoms with Crippen molar-refractivity contribution in [3.63, 3.8) is 0 Å². The monoisotopic (exact) mass is 253 g/mol. The Morgan fingerprint density at radius 1 is 1.50 bits per heavy atom. The topological polar surface area (TPSA) is 29.1 Å². The van der Waals surface area contributed by atoms with E-state index in [0.29, 0.717) is 12.8 Å². The Bertz CT molecular complexity index is 336. The van der Waals surface area contributed by atoms with Gasteiger partial charge in [0.1, 0.15) is 0 Å². The second kappa shape index (κ2) is 5.60.